The number of carbonyl (C=O) groups excluding carboxylic acids is 2. The molecule has 0 bridgehead atoms. The Morgan fingerprint density at radius 2 is 1.47 bits per heavy atom. The van der Waals surface area contributed by atoms with Crippen molar-refractivity contribution in [1.29, 1.82) is 0 Å². The van der Waals surface area contributed by atoms with Gasteiger partial charge in [0.1, 0.15) is 12.4 Å². The third-order valence-corrected chi connectivity index (χ3v) is 16.1. The number of aliphatic hydroxyl groups excluding tert-OH is 2. The van der Waals surface area contributed by atoms with Crippen molar-refractivity contribution in [3.05, 3.63) is 77.4 Å². The van der Waals surface area contributed by atoms with Crippen molar-refractivity contribution >= 4 is 11.8 Å². The Morgan fingerprint density at radius 1 is 0.774 bits per heavy atom. The Balaban J connectivity index is 1.05. The molecule has 0 heterocycles. The first-order valence-electron chi connectivity index (χ1n) is 20.4. The summed E-state index contributed by atoms with van der Waals surface area (Å²) in [5.41, 5.74) is 1.96. The summed E-state index contributed by atoms with van der Waals surface area (Å²) in [5, 5.41) is 29.7. The normalized spacial score (nSPS) is 38.1. The van der Waals surface area contributed by atoms with E-state index in [2.05, 4.69) is 65.2 Å². The highest BCUT2D eigenvalue weighted by atomic mass is 16.5. The molecular formula is C46H64N2O5. The molecule has 53 heavy (non-hydrogen) atoms. The van der Waals surface area contributed by atoms with Gasteiger partial charge in [-0.15, -0.1) is 0 Å². The van der Waals surface area contributed by atoms with E-state index < -0.39 is 11.5 Å². The Hall–Kier alpha value is -3.16. The molecule has 2 aromatic carbocycles. The highest BCUT2D eigenvalue weighted by molar-refractivity contribution is 5.94. The van der Waals surface area contributed by atoms with Crippen molar-refractivity contribution in [2.24, 2.45) is 50.2 Å². The Labute approximate surface area is 317 Å². The summed E-state index contributed by atoms with van der Waals surface area (Å²) >= 11 is 0. The Morgan fingerprint density at radius 3 is 2.19 bits per heavy atom. The van der Waals surface area contributed by atoms with E-state index in [4.69, 9.17) is 4.74 Å². The van der Waals surface area contributed by atoms with Crippen molar-refractivity contribution in [2.75, 3.05) is 13.1 Å². The third kappa shape index (κ3) is 6.16. The molecule has 5 aliphatic carbocycles. The minimum absolute atomic E-state index is 0.0115. The fourth-order valence-electron chi connectivity index (χ4n) is 12.8. The van der Waals surface area contributed by atoms with Crippen LogP contribution in [0.2, 0.25) is 0 Å². The number of aliphatic hydroxyl groups is 2. The van der Waals surface area contributed by atoms with Crippen molar-refractivity contribution in [1.82, 2.24) is 10.6 Å². The predicted molar refractivity (Wildman–Crippen MR) is 209 cm³/mol. The minimum atomic E-state index is -0.887. The molecule has 0 radical (unpaired) electrons. The van der Waals surface area contributed by atoms with Crippen LogP contribution in [0.5, 0.6) is 5.75 Å². The second kappa shape index (κ2) is 13.5. The Bertz CT molecular complexity index is 1720. The number of nitrogens with one attached hydrogen (secondary N) is 2. The molecule has 0 unspecified atom stereocenters. The largest absolute Gasteiger partial charge is 0.489 e. The van der Waals surface area contributed by atoms with Gasteiger partial charge in [-0.2, -0.15) is 0 Å². The number of fused-ring (bicyclic) bond motifs is 7. The first-order valence-corrected chi connectivity index (χ1v) is 20.4. The zero-order valence-corrected chi connectivity index (χ0v) is 33.3. The highest BCUT2D eigenvalue weighted by Crippen LogP contribution is 2.75. The number of hydrogen-bond acceptors (Lipinski definition) is 5. The summed E-state index contributed by atoms with van der Waals surface area (Å²) in [6, 6.07) is 17.1. The SMILES string of the molecule is CC1(C)CC[C@]2(C(=O)NCCNC(=O)c3ccc(OCc4ccccc4)cc3)[C@H](O)C[C@]3(C)C(=CC[C@@H]4[C@@]5(C)CC[C@H](O)C(C)(C)[C@@H]5CC[C@]43C)[C@@H]2C1. The van der Waals surface area contributed by atoms with Crippen LogP contribution < -0.4 is 15.4 Å². The molecule has 7 rings (SSSR count). The van der Waals surface area contributed by atoms with Gasteiger partial charge in [0, 0.05) is 18.7 Å². The van der Waals surface area contributed by atoms with Gasteiger partial charge in [-0.05, 0) is 132 Å². The van der Waals surface area contributed by atoms with Crippen molar-refractivity contribution < 1.29 is 24.5 Å². The molecule has 7 heteroatoms. The van der Waals surface area contributed by atoms with E-state index in [1.807, 2.05) is 30.3 Å². The molecule has 0 aromatic heterocycles. The molecular weight excluding hydrogens is 661 g/mol. The van der Waals surface area contributed by atoms with Crippen molar-refractivity contribution in [2.45, 2.75) is 125 Å². The van der Waals surface area contributed by atoms with Crippen molar-refractivity contribution in [3.63, 3.8) is 0 Å². The van der Waals surface area contributed by atoms with Gasteiger partial charge in [0.05, 0.1) is 17.6 Å². The van der Waals surface area contributed by atoms with E-state index in [1.165, 1.54) is 5.57 Å². The number of hydrogen-bond donors (Lipinski definition) is 4. The quantitative estimate of drug-likeness (QED) is 0.162. The summed E-state index contributed by atoms with van der Waals surface area (Å²) < 4.78 is 5.87. The predicted octanol–water partition coefficient (Wildman–Crippen LogP) is 8.25. The monoisotopic (exact) mass is 724 g/mol. The third-order valence-electron chi connectivity index (χ3n) is 16.1. The zero-order chi connectivity index (χ0) is 38.0. The topological polar surface area (TPSA) is 108 Å². The molecule has 4 N–H and O–H groups in total. The molecule has 2 amide bonds. The van der Waals surface area contributed by atoms with Gasteiger partial charge in [-0.1, -0.05) is 90.4 Å². The van der Waals surface area contributed by atoms with Gasteiger partial charge in [-0.3, -0.25) is 9.59 Å². The standard InChI is InChI=1S/C46H64N2O5/c1-41(2)23-24-46(40(52)48-26-25-47-39(51)31-13-15-32(16-14-31)53-29-30-11-9-8-10-12-30)34(27-41)33-17-18-36-43(5)21-20-37(49)42(3,4)35(43)19-22-44(36,6)45(33,7)28-38(46)50/h8-17,34-38,49-50H,18-29H2,1-7H3,(H,47,51)(H,48,52)/t34-,35-,36+,37-,38+,43-,44+,45+,46+/m0/s1. The summed E-state index contributed by atoms with van der Waals surface area (Å²) in [4.78, 5) is 27.5. The molecule has 2 aromatic rings. The first-order chi connectivity index (χ1) is 25.0. The van der Waals surface area contributed by atoms with Crippen molar-refractivity contribution in [3.8, 4) is 5.75 Å². The lowest BCUT2D eigenvalue weighted by atomic mass is 9.33. The van der Waals surface area contributed by atoms with Crippen LogP contribution in [-0.4, -0.2) is 47.3 Å². The molecule has 7 nitrogen and oxygen atoms in total. The summed E-state index contributed by atoms with van der Waals surface area (Å²) in [7, 11) is 0. The van der Waals surface area contributed by atoms with Gasteiger partial charge in [0.15, 0.2) is 0 Å². The molecule has 0 saturated heterocycles. The van der Waals surface area contributed by atoms with E-state index in [9.17, 15) is 19.8 Å². The smallest absolute Gasteiger partial charge is 0.251 e. The van der Waals surface area contributed by atoms with Gasteiger partial charge in [0.25, 0.3) is 5.91 Å². The molecule has 4 saturated carbocycles. The maximum Gasteiger partial charge on any atom is 0.251 e. The lowest BCUT2D eigenvalue weighted by molar-refractivity contribution is -0.215. The van der Waals surface area contributed by atoms with E-state index in [0.717, 1.165) is 50.5 Å². The Kier molecular flexibility index (Phi) is 9.74. The molecule has 4 fully saturated rings. The van der Waals surface area contributed by atoms with E-state index in [-0.39, 0.29) is 50.9 Å². The van der Waals surface area contributed by atoms with Crippen LogP contribution in [0.1, 0.15) is 122 Å². The van der Waals surface area contributed by atoms with Gasteiger partial charge >= 0.3 is 0 Å². The fourth-order valence-corrected chi connectivity index (χ4v) is 12.8. The molecule has 0 aliphatic heterocycles. The number of ether oxygens (including phenoxy) is 1. The lowest BCUT2D eigenvalue weighted by Crippen LogP contribution is -2.68. The summed E-state index contributed by atoms with van der Waals surface area (Å²) in [6.07, 6.45) is 9.56. The van der Waals surface area contributed by atoms with Crippen LogP contribution in [0.4, 0.5) is 0 Å². The van der Waals surface area contributed by atoms with E-state index in [1.54, 1.807) is 24.3 Å². The van der Waals surface area contributed by atoms with Gasteiger partial charge in [-0.25, -0.2) is 0 Å². The summed E-state index contributed by atoms with van der Waals surface area (Å²) in [5.74, 6) is 1.30. The number of carbonyl (C=O) groups is 2. The number of benzene rings is 2. The minimum Gasteiger partial charge on any atom is -0.489 e. The summed E-state index contributed by atoms with van der Waals surface area (Å²) in [6.45, 7) is 17.7. The first kappa shape index (κ1) is 38.1. The van der Waals surface area contributed by atoms with Crippen LogP contribution >= 0.6 is 0 Å². The molecule has 288 valence electrons. The number of amides is 2. The lowest BCUT2D eigenvalue weighted by Gasteiger charge is -2.71. The molecule has 5 aliphatic rings. The maximum absolute atomic E-state index is 14.5. The van der Waals surface area contributed by atoms with Gasteiger partial charge in [0.2, 0.25) is 5.91 Å². The second-order valence-corrected chi connectivity index (χ2v) is 19.7. The molecule has 9 atom stereocenters. The van der Waals surface area contributed by atoms with E-state index in [0.29, 0.717) is 55.7 Å². The molecule has 0 spiro atoms. The highest BCUT2D eigenvalue weighted by Gasteiger charge is 2.71. The number of allylic oxidation sites excluding steroid dienone is 2. The van der Waals surface area contributed by atoms with Gasteiger partial charge < -0.3 is 25.6 Å². The second-order valence-electron chi connectivity index (χ2n) is 19.7. The van der Waals surface area contributed by atoms with Crippen LogP contribution in [0.3, 0.4) is 0 Å². The maximum atomic E-state index is 14.5. The van der Waals surface area contributed by atoms with Crippen LogP contribution in [-0.2, 0) is 11.4 Å². The zero-order valence-electron chi connectivity index (χ0n) is 33.3. The van der Waals surface area contributed by atoms with Crippen LogP contribution in [0, 0.1) is 50.2 Å². The number of rotatable bonds is 8. The van der Waals surface area contributed by atoms with Crippen LogP contribution in [0.15, 0.2) is 66.2 Å². The fraction of sp³-hybridized carbons (Fsp3) is 0.652. The van der Waals surface area contributed by atoms with Crippen LogP contribution in [0.25, 0.3) is 0 Å². The average molecular weight is 725 g/mol. The van der Waals surface area contributed by atoms with E-state index >= 15 is 0 Å². The average Bonchev–Trinajstić information content (AvgIpc) is 3.11.